The monoisotopic (exact) mass is 262 g/mol. The Balaban J connectivity index is 2.53. The first-order valence-electron chi connectivity index (χ1n) is 5.86. The number of hydrogen-bond donors (Lipinski definition) is 2. The Kier molecular flexibility index (Phi) is 4.91. The van der Waals surface area contributed by atoms with Gasteiger partial charge in [-0.25, -0.2) is 8.42 Å². The lowest BCUT2D eigenvalue weighted by molar-refractivity contribution is 0.136. The summed E-state index contributed by atoms with van der Waals surface area (Å²) in [5.41, 5.74) is 5.42. The molecule has 0 aromatic heterocycles. The lowest BCUT2D eigenvalue weighted by Gasteiger charge is -2.37. The zero-order valence-electron chi connectivity index (χ0n) is 10.5. The Hall–Kier alpha value is -0.660. The van der Waals surface area contributed by atoms with Crippen LogP contribution in [0.5, 0.6) is 0 Å². The van der Waals surface area contributed by atoms with E-state index in [4.69, 9.17) is 11.1 Å². The van der Waals surface area contributed by atoms with Crippen LogP contribution >= 0.6 is 0 Å². The minimum absolute atomic E-state index is 0.197. The van der Waals surface area contributed by atoms with E-state index in [1.165, 1.54) is 10.6 Å². The van der Waals surface area contributed by atoms with E-state index in [-0.39, 0.29) is 11.9 Å². The zero-order chi connectivity index (χ0) is 13.1. The average Bonchev–Trinajstić information content (AvgIpc) is 2.24. The first-order chi connectivity index (χ1) is 7.84. The maximum atomic E-state index is 11.4. The van der Waals surface area contributed by atoms with Gasteiger partial charge in [0.1, 0.15) is 0 Å². The van der Waals surface area contributed by atoms with Crippen molar-refractivity contribution in [2.24, 2.45) is 5.73 Å². The molecule has 17 heavy (non-hydrogen) atoms. The highest BCUT2D eigenvalue weighted by Crippen LogP contribution is 2.13. The van der Waals surface area contributed by atoms with Crippen molar-refractivity contribution in [2.75, 3.05) is 32.4 Å². The van der Waals surface area contributed by atoms with Gasteiger partial charge in [0.25, 0.3) is 0 Å². The fourth-order valence-corrected chi connectivity index (χ4v) is 3.01. The molecular weight excluding hydrogens is 240 g/mol. The van der Waals surface area contributed by atoms with Crippen LogP contribution in [0.3, 0.4) is 0 Å². The predicted molar refractivity (Wildman–Crippen MR) is 68.6 cm³/mol. The van der Waals surface area contributed by atoms with E-state index in [2.05, 4.69) is 11.8 Å². The molecule has 6 nitrogen and oxygen atoms in total. The second kappa shape index (κ2) is 5.79. The van der Waals surface area contributed by atoms with Crippen molar-refractivity contribution in [3.05, 3.63) is 0 Å². The number of piperazine rings is 1. The summed E-state index contributed by atoms with van der Waals surface area (Å²) in [5.74, 6) is 0.197. The molecule has 1 saturated heterocycles. The van der Waals surface area contributed by atoms with Crippen molar-refractivity contribution in [2.45, 2.75) is 25.8 Å². The molecule has 1 fully saturated rings. The minimum Gasteiger partial charge on any atom is -0.388 e. The van der Waals surface area contributed by atoms with Crippen LogP contribution in [0.4, 0.5) is 0 Å². The minimum atomic E-state index is -3.07. The molecule has 1 rings (SSSR count). The first kappa shape index (κ1) is 14.4. The molecule has 1 unspecified atom stereocenters. The summed E-state index contributed by atoms with van der Waals surface area (Å²) in [6, 6.07) is 0.259. The third-order valence-electron chi connectivity index (χ3n) is 3.19. The molecule has 1 heterocycles. The zero-order valence-corrected chi connectivity index (χ0v) is 11.3. The van der Waals surface area contributed by atoms with Crippen LogP contribution in [0.25, 0.3) is 0 Å². The van der Waals surface area contributed by atoms with Gasteiger partial charge in [-0.05, 0) is 6.42 Å². The number of hydrogen-bond acceptors (Lipinski definition) is 4. The Morgan fingerprint density at radius 3 is 2.24 bits per heavy atom. The van der Waals surface area contributed by atoms with Crippen molar-refractivity contribution in [3.63, 3.8) is 0 Å². The van der Waals surface area contributed by atoms with Crippen molar-refractivity contribution >= 4 is 15.9 Å². The summed E-state index contributed by atoms with van der Waals surface area (Å²) in [4.78, 5) is 2.23. The highest BCUT2D eigenvalue weighted by molar-refractivity contribution is 7.88. The third-order valence-corrected chi connectivity index (χ3v) is 4.49. The van der Waals surface area contributed by atoms with Crippen molar-refractivity contribution in [1.82, 2.24) is 9.21 Å². The van der Waals surface area contributed by atoms with E-state index < -0.39 is 10.0 Å². The standard InChI is InChI=1S/C10H22N4O2S/c1-3-9(8-10(11)12)13-4-6-14(7-5-13)17(2,15)16/h9H,3-8H2,1-2H3,(H3,11,12). The van der Waals surface area contributed by atoms with Crippen LogP contribution in [-0.2, 0) is 10.0 Å². The summed E-state index contributed by atoms with van der Waals surface area (Å²) < 4.78 is 24.2. The SMILES string of the molecule is CCC(CC(=N)N)N1CCN(S(C)(=O)=O)CC1. The van der Waals surface area contributed by atoms with Gasteiger partial charge in [-0.1, -0.05) is 6.92 Å². The number of nitrogens with two attached hydrogens (primary N) is 1. The molecule has 0 aliphatic carbocycles. The average molecular weight is 262 g/mol. The van der Waals surface area contributed by atoms with Gasteiger partial charge in [0.15, 0.2) is 0 Å². The second-order valence-electron chi connectivity index (χ2n) is 4.49. The van der Waals surface area contributed by atoms with E-state index in [9.17, 15) is 8.42 Å². The van der Waals surface area contributed by atoms with Crippen LogP contribution in [0.15, 0.2) is 0 Å². The quantitative estimate of drug-likeness (QED) is 0.524. The molecule has 7 heteroatoms. The van der Waals surface area contributed by atoms with Gasteiger partial charge in [-0.3, -0.25) is 10.3 Å². The molecule has 3 N–H and O–H groups in total. The molecule has 1 aliphatic heterocycles. The van der Waals surface area contributed by atoms with Crippen LogP contribution in [0.1, 0.15) is 19.8 Å². The smallest absolute Gasteiger partial charge is 0.211 e. The van der Waals surface area contributed by atoms with Crippen LogP contribution < -0.4 is 5.73 Å². The number of rotatable bonds is 5. The van der Waals surface area contributed by atoms with E-state index >= 15 is 0 Å². The van der Waals surface area contributed by atoms with Gasteiger partial charge < -0.3 is 5.73 Å². The van der Waals surface area contributed by atoms with Crippen LogP contribution in [-0.4, -0.2) is 61.9 Å². The predicted octanol–water partition coefficient (Wildman–Crippen LogP) is -0.332. The molecule has 0 amide bonds. The van der Waals surface area contributed by atoms with Gasteiger partial charge in [0.2, 0.25) is 10.0 Å². The summed E-state index contributed by atoms with van der Waals surface area (Å²) in [7, 11) is -3.07. The lowest BCUT2D eigenvalue weighted by atomic mass is 10.1. The topological polar surface area (TPSA) is 90.5 Å². The maximum Gasteiger partial charge on any atom is 0.211 e. The molecular formula is C10H22N4O2S. The second-order valence-corrected chi connectivity index (χ2v) is 6.47. The summed E-state index contributed by atoms with van der Waals surface area (Å²) in [6.07, 6.45) is 2.74. The Bertz CT molecular complexity index is 361. The van der Waals surface area contributed by atoms with Crippen molar-refractivity contribution < 1.29 is 8.42 Å². The van der Waals surface area contributed by atoms with Gasteiger partial charge in [0, 0.05) is 38.6 Å². The molecule has 0 saturated carbocycles. The lowest BCUT2D eigenvalue weighted by Crippen LogP contribution is -2.52. The van der Waals surface area contributed by atoms with Gasteiger partial charge in [-0.15, -0.1) is 0 Å². The first-order valence-corrected chi connectivity index (χ1v) is 7.71. The largest absolute Gasteiger partial charge is 0.388 e. The fourth-order valence-electron chi connectivity index (χ4n) is 2.19. The summed E-state index contributed by atoms with van der Waals surface area (Å²) in [5, 5.41) is 7.33. The summed E-state index contributed by atoms with van der Waals surface area (Å²) >= 11 is 0. The number of nitrogens with one attached hydrogen (secondary N) is 1. The molecule has 100 valence electrons. The van der Waals surface area contributed by atoms with Crippen LogP contribution in [0, 0.1) is 5.41 Å². The fraction of sp³-hybridized carbons (Fsp3) is 0.900. The Morgan fingerprint density at radius 1 is 1.35 bits per heavy atom. The maximum absolute atomic E-state index is 11.4. The number of sulfonamides is 1. The number of nitrogens with zero attached hydrogens (tertiary/aromatic N) is 2. The van der Waals surface area contributed by atoms with Gasteiger partial charge in [-0.2, -0.15) is 4.31 Å². The highest BCUT2D eigenvalue weighted by atomic mass is 32.2. The Labute approximate surface area is 103 Å². The Morgan fingerprint density at radius 2 is 1.88 bits per heavy atom. The van der Waals surface area contributed by atoms with Crippen LogP contribution in [0.2, 0.25) is 0 Å². The molecule has 0 bridgehead atoms. The number of amidine groups is 1. The van der Waals surface area contributed by atoms with E-state index in [1.807, 2.05) is 0 Å². The molecule has 0 aromatic carbocycles. The van der Waals surface area contributed by atoms with Gasteiger partial charge >= 0.3 is 0 Å². The van der Waals surface area contributed by atoms with E-state index in [0.29, 0.717) is 19.5 Å². The van der Waals surface area contributed by atoms with E-state index in [1.54, 1.807) is 0 Å². The molecule has 1 atom stereocenters. The van der Waals surface area contributed by atoms with Crippen molar-refractivity contribution in [1.29, 1.82) is 5.41 Å². The normalized spacial score (nSPS) is 21.3. The van der Waals surface area contributed by atoms with Gasteiger partial charge in [0.05, 0.1) is 12.1 Å². The molecule has 0 spiro atoms. The van der Waals surface area contributed by atoms with E-state index in [0.717, 1.165) is 19.5 Å². The molecule has 0 radical (unpaired) electrons. The highest BCUT2D eigenvalue weighted by Gasteiger charge is 2.27. The molecule has 1 aliphatic rings. The van der Waals surface area contributed by atoms with Crippen molar-refractivity contribution in [3.8, 4) is 0 Å². The molecule has 0 aromatic rings. The summed E-state index contributed by atoms with van der Waals surface area (Å²) in [6.45, 7) is 4.58. The third kappa shape index (κ3) is 4.25.